The molecule has 0 spiro atoms. The van der Waals surface area contributed by atoms with E-state index in [9.17, 15) is 19.2 Å². The van der Waals surface area contributed by atoms with Gasteiger partial charge in [-0.1, -0.05) is 126 Å². The first-order chi connectivity index (χ1) is 33.6. The molecule has 0 aliphatic carbocycles. The number of benzene rings is 6. The van der Waals surface area contributed by atoms with Crippen LogP contribution in [0.25, 0.3) is 32.8 Å². The molecule has 14 heteroatoms. The van der Waals surface area contributed by atoms with E-state index in [-0.39, 0.29) is 41.3 Å². The van der Waals surface area contributed by atoms with Crippen molar-refractivity contribution in [3.05, 3.63) is 193 Å². The van der Waals surface area contributed by atoms with Crippen molar-refractivity contribution in [3.63, 3.8) is 0 Å². The molecule has 0 bridgehead atoms. The van der Waals surface area contributed by atoms with Crippen LogP contribution >= 0.6 is 11.6 Å². The van der Waals surface area contributed by atoms with Gasteiger partial charge in [0.05, 0.1) is 40.5 Å². The van der Waals surface area contributed by atoms with E-state index in [0.29, 0.717) is 34.2 Å². The zero-order valence-electron chi connectivity index (χ0n) is 40.1. The number of carbonyl (C=O) groups excluding carboxylic acids is 2. The molecule has 0 unspecified atom stereocenters. The number of aromatic nitrogens is 4. The molecule has 6 aromatic carbocycles. The summed E-state index contributed by atoms with van der Waals surface area (Å²) in [6, 6.07) is 42.9. The minimum atomic E-state index is -0.375. The minimum Gasteiger partial charge on any atom is -0.399 e. The summed E-state index contributed by atoms with van der Waals surface area (Å²) in [4.78, 5) is 52.8. The van der Waals surface area contributed by atoms with Crippen LogP contribution in [0, 0.1) is 13.8 Å². The molecule has 0 atom stereocenters. The number of aryl methyl sites for hydroxylation is 2. The number of nitrogens with one attached hydrogen (secondary N) is 2. The van der Waals surface area contributed by atoms with Crippen LogP contribution in [0.1, 0.15) is 61.1 Å². The van der Waals surface area contributed by atoms with Crippen molar-refractivity contribution >= 4 is 68.9 Å². The molecule has 8 aromatic rings. The molecule has 2 N–H and O–H groups in total. The Hall–Kier alpha value is -7.19. The fraction of sp³-hybridized carbons (Fsp3) is 0.250. The zero-order chi connectivity index (χ0) is 49.3. The monoisotopic (exact) mass is 952 g/mol. The van der Waals surface area contributed by atoms with Crippen LogP contribution in [-0.4, -0.2) is 63.6 Å². The van der Waals surface area contributed by atoms with Crippen LogP contribution < -0.4 is 26.4 Å². The van der Waals surface area contributed by atoms with E-state index in [0.717, 1.165) is 81.7 Å². The Bertz CT molecular complexity index is 3410. The second-order valence-electron chi connectivity index (χ2n) is 19.0. The summed E-state index contributed by atoms with van der Waals surface area (Å²) in [5, 5.41) is 15.9. The molecule has 12 nitrogen and oxygen atoms in total. The van der Waals surface area contributed by atoms with Crippen molar-refractivity contribution in [2.24, 2.45) is 0 Å². The molecule has 0 saturated carbocycles. The summed E-state index contributed by atoms with van der Waals surface area (Å²) >= 11 is 5.75. The van der Waals surface area contributed by atoms with Gasteiger partial charge in [-0.05, 0) is 112 Å². The molecule has 1 fully saturated rings. The molecule has 2 aromatic heterocycles. The molecule has 11 rings (SSSR count). The largest absolute Gasteiger partial charge is 0.495 e. The second kappa shape index (κ2) is 19.7. The molecule has 354 valence electrons. The van der Waals surface area contributed by atoms with Crippen LogP contribution in [0.3, 0.4) is 0 Å². The maximum atomic E-state index is 12.9. The number of carbonyl (C=O) groups is 2. The molecule has 3 aliphatic rings. The molecule has 0 radical (unpaired) electrons. The van der Waals surface area contributed by atoms with E-state index in [1.54, 1.807) is 24.3 Å². The van der Waals surface area contributed by atoms with Crippen molar-refractivity contribution in [1.82, 2.24) is 20.4 Å². The fourth-order valence-electron chi connectivity index (χ4n) is 9.32. The van der Waals surface area contributed by atoms with Gasteiger partial charge in [-0.3, -0.25) is 19.2 Å². The van der Waals surface area contributed by atoms with Crippen LogP contribution in [-0.2, 0) is 44.6 Å². The van der Waals surface area contributed by atoms with Crippen molar-refractivity contribution in [3.8, 4) is 11.3 Å². The highest BCUT2D eigenvalue weighted by molar-refractivity contribution is 6.62. The summed E-state index contributed by atoms with van der Waals surface area (Å²) in [6.45, 7) is 13.8. The summed E-state index contributed by atoms with van der Waals surface area (Å²) in [5.41, 5.74) is 10.3. The third-order valence-electron chi connectivity index (χ3n) is 13.8. The lowest BCUT2D eigenvalue weighted by atomic mass is 9.75. The van der Waals surface area contributed by atoms with Gasteiger partial charge < -0.3 is 19.1 Å². The van der Waals surface area contributed by atoms with Crippen molar-refractivity contribution in [2.75, 3.05) is 22.9 Å². The standard InChI is InChI=1S/C25H21N3O2.C23H28BNO3.C8H5ClN2O/c1-16-14-17(15-23(29)28-13-12-18-6-2-5-9-22(18)28)10-11-19(16)24-20-7-3-4-8-21(20)25(30)27-26-24;1-16-14-17(10-11-19(16)24-27-22(2,3)23(4,5)28-24)15-21(26)25-13-12-18-8-6-7-9-20(18)25;9-7-5-3-1-2-4-6(5)8(12)11-10-7/h2-11,14H,12-13,15H2,1H3,(H,27,30);6-11,14H,12-13,15H2,1-5H3;1-4H,(H,11,12). The topological polar surface area (TPSA) is 151 Å². The quantitative estimate of drug-likeness (QED) is 0.157. The number of rotatable bonds is 6. The van der Waals surface area contributed by atoms with E-state index in [2.05, 4.69) is 73.2 Å². The van der Waals surface area contributed by atoms with Crippen molar-refractivity contribution in [2.45, 2.75) is 78.4 Å². The maximum Gasteiger partial charge on any atom is 0.495 e. The fourth-order valence-corrected chi connectivity index (χ4v) is 9.53. The SMILES string of the molecule is Cc1cc(CC(=O)N2CCc3ccccc32)ccc1-c1n[nH]c(=O)c2ccccc12.Cc1cc(CC(=O)N2CCc3ccccc32)ccc1B1OC(C)(C)C(C)(C)O1.O=c1[nH]nc(Cl)c2ccccc12. The third kappa shape index (κ3) is 9.69. The Labute approximate surface area is 411 Å². The number of hydrogen-bond donors (Lipinski definition) is 2. The van der Waals surface area contributed by atoms with Crippen LogP contribution in [0.5, 0.6) is 0 Å². The predicted molar refractivity (Wildman–Crippen MR) is 279 cm³/mol. The van der Waals surface area contributed by atoms with E-state index in [1.807, 2.05) is 108 Å². The van der Waals surface area contributed by atoms with Gasteiger partial charge in [0.25, 0.3) is 11.1 Å². The van der Waals surface area contributed by atoms with Crippen LogP contribution in [0.2, 0.25) is 5.15 Å². The number of para-hydroxylation sites is 2. The summed E-state index contributed by atoms with van der Waals surface area (Å²) in [6.07, 6.45) is 2.60. The van der Waals surface area contributed by atoms with Gasteiger partial charge in [-0.25, -0.2) is 10.2 Å². The number of amides is 2. The molecule has 70 heavy (non-hydrogen) atoms. The van der Waals surface area contributed by atoms with Gasteiger partial charge in [0.15, 0.2) is 5.15 Å². The molecule has 1 saturated heterocycles. The number of halogens is 1. The molecule has 5 heterocycles. The van der Waals surface area contributed by atoms with Gasteiger partial charge in [-0.15, -0.1) is 0 Å². The van der Waals surface area contributed by atoms with Crippen molar-refractivity contribution in [1.29, 1.82) is 0 Å². The van der Waals surface area contributed by atoms with Gasteiger partial charge in [-0.2, -0.15) is 10.2 Å². The number of anilines is 2. The molecular formula is C56H54BClN6O6. The highest BCUT2D eigenvalue weighted by atomic mass is 35.5. The Morgan fingerprint density at radius 2 is 1.06 bits per heavy atom. The first-order valence-electron chi connectivity index (χ1n) is 23.5. The Morgan fingerprint density at radius 3 is 1.59 bits per heavy atom. The van der Waals surface area contributed by atoms with E-state index in [1.165, 1.54) is 11.1 Å². The van der Waals surface area contributed by atoms with Crippen molar-refractivity contribution < 1.29 is 18.9 Å². The highest BCUT2D eigenvalue weighted by Crippen LogP contribution is 2.37. The average Bonchev–Trinajstić information content (AvgIpc) is 4.04. The summed E-state index contributed by atoms with van der Waals surface area (Å²) < 4.78 is 12.3. The summed E-state index contributed by atoms with van der Waals surface area (Å²) in [7, 11) is -0.375. The van der Waals surface area contributed by atoms with Crippen LogP contribution in [0.15, 0.2) is 143 Å². The predicted octanol–water partition coefficient (Wildman–Crippen LogP) is 9.03. The molecule has 3 aliphatic heterocycles. The lowest BCUT2D eigenvalue weighted by Crippen LogP contribution is -2.41. The normalized spacial score (nSPS) is 15.2. The van der Waals surface area contributed by atoms with Gasteiger partial charge >= 0.3 is 7.12 Å². The smallest absolute Gasteiger partial charge is 0.399 e. The first-order valence-corrected chi connectivity index (χ1v) is 23.9. The Morgan fingerprint density at radius 1 is 0.600 bits per heavy atom. The van der Waals surface area contributed by atoms with Gasteiger partial charge in [0.1, 0.15) is 0 Å². The first kappa shape index (κ1) is 47.9. The zero-order valence-corrected chi connectivity index (χ0v) is 40.9. The van der Waals surface area contributed by atoms with E-state index in [4.69, 9.17) is 20.9 Å². The lowest BCUT2D eigenvalue weighted by Gasteiger charge is -2.32. The maximum absolute atomic E-state index is 12.9. The molecular weight excluding hydrogens is 899 g/mol. The Kier molecular flexibility index (Phi) is 13.4. The van der Waals surface area contributed by atoms with E-state index >= 15 is 0 Å². The lowest BCUT2D eigenvalue weighted by molar-refractivity contribution is -0.118. The minimum absolute atomic E-state index is 0.111. The third-order valence-corrected chi connectivity index (χ3v) is 14.1. The average molecular weight is 953 g/mol. The molecule has 2 amide bonds. The number of aromatic amines is 2. The second-order valence-corrected chi connectivity index (χ2v) is 19.3. The van der Waals surface area contributed by atoms with Crippen LogP contribution in [0.4, 0.5) is 11.4 Å². The highest BCUT2D eigenvalue weighted by Gasteiger charge is 2.52. The number of nitrogens with zero attached hydrogens (tertiary/aromatic N) is 4. The van der Waals surface area contributed by atoms with E-state index < -0.39 is 0 Å². The van der Waals surface area contributed by atoms with Gasteiger partial charge in [0, 0.05) is 40.8 Å². The number of fused-ring (bicyclic) bond motifs is 4. The Balaban J connectivity index is 0.000000141. The number of hydrogen-bond acceptors (Lipinski definition) is 8. The number of H-pyrrole nitrogens is 2. The summed E-state index contributed by atoms with van der Waals surface area (Å²) in [5.74, 6) is 0.257. The van der Waals surface area contributed by atoms with Gasteiger partial charge in [0.2, 0.25) is 11.8 Å².